The fraction of sp³-hybridized carbons (Fsp3) is 0.160. The van der Waals surface area contributed by atoms with Gasteiger partial charge in [0.05, 0.1) is 18.5 Å². The summed E-state index contributed by atoms with van der Waals surface area (Å²) in [6.07, 6.45) is 0.832. The van der Waals surface area contributed by atoms with Crippen LogP contribution in [0.4, 0.5) is 0 Å². The molecule has 0 aliphatic carbocycles. The van der Waals surface area contributed by atoms with Crippen molar-refractivity contribution in [3.05, 3.63) is 100 Å². The number of hydrogen-bond acceptors (Lipinski definition) is 5. The topological polar surface area (TPSA) is 70.4 Å². The number of carbonyl (C=O) groups is 1. The van der Waals surface area contributed by atoms with E-state index in [-0.39, 0.29) is 17.8 Å². The van der Waals surface area contributed by atoms with Crippen LogP contribution in [-0.4, -0.2) is 22.4 Å². The monoisotopic (exact) mass is 414 g/mol. The zero-order valence-electron chi connectivity index (χ0n) is 17.2. The first kappa shape index (κ1) is 20.3. The fourth-order valence-corrected chi connectivity index (χ4v) is 3.26. The van der Waals surface area contributed by atoms with Crippen molar-refractivity contribution >= 4 is 16.7 Å². The van der Waals surface area contributed by atoms with Gasteiger partial charge in [-0.25, -0.2) is 9.48 Å². The Kier molecular flexibility index (Phi) is 6.08. The number of esters is 1. The van der Waals surface area contributed by atoms with Crippen LogP contribution in [0.25, 0.3) is 10.8 Å². The number of para-hydroxylation sites is 2. The van der Waals surface area contributed by atoms with Crippen molar-refractivity contribution in [1.82, 2.24) is 9.78 Å². The maximum atomic E-state index is 13.1. The molecule has 0 bridgehead atoms. The number of hydrogen-bond donors (Lipinski definition) is 0. The van der Waals surface area contributed by atoms with E-state index in [1.165, 1.54) is 4.68 Å². The van der Waals surface area contributed by atoms with Gasteiger partial charge in [0.15, 0.2) is 17.2 Å². The summed E-state index contributed by atoms with van der Waals surface area (Å²) >= 11 is 0. The van der Waals surface area contributed by atoms with Crippen molar-refractivity contribution in [3.8, 4) is 11.5 Å². The molecule has 6 heteroatoms. The van der Waals surface area contributed by atoms with Gasteiger partial charge in [0.1, 0.15) is 0 Å². The summed E-state index contributed by atoms with van der Waals surface area (Å²) < 4.78 is 12.6. The van der Waals surface area contributed by atoms with Crippen LogP contribution in [-0.2, 0) is 6.54 Å². The minimum Gasteiger partial charge on any atom is -0.490 e. The molecule has 0 saturated carbocycles. The quantitative estimate of drug-likeness (QED) is 0.330. The number of aromatic nitrogens is 2. The number of nitrogens with zero attached hydrogens (tertiary/aromatic N) is 2. The van der Waals surface area contributed by atoms with Crippen molar-refractivity contribution in [3.63, 3.8) is 0 Å². The predicted molar refractivity (Wildman–Crippen MR) is 119 cm³/mol. The zero-order chi connectivity index (χ0) is 21.6. The number of benzene rings is 3. The molecule has 0 fully saturated rings. The molecule has 0 aliphatic heterocycles. The van der Waals surface area contributed by atoms with E-state index in [9.17, 15) is 9.59 Å². The zero-order valence-corrected chi connectivity index (χ0v) is 17.2. The van der Waals surface area contributed by atoms with E-state index in [1.54, 1.807) is 42.5 Å². The maximum Gasteiger partial charge on any atom is 0.364 e. The number of fused-ring (bicyclic) bond motifs is 1. The Labute approximate surface area is 179 Å². The maximum absolute atomic E-state index is 13.1. The average molecular weight is 414 g/mol. The average Bonchev–Trinajstić information content (AvgIpc) is 2.81. The van der Waals surface area contributed by atoms with Crippen LogP contribution in [0.2, 0.25) is 0 Å². The molecule has 4 rings (SSSR count). The van der Waals surface area contributed by atoms with Gasteiger partial charge >= 0.3 is 5.97 Å². The molecule has 1 aromatic heterocycles. The highest BCUT2D eigenvalue weighted by molar-refractivity contribution is 6.03. The molecule has 0 saturated heterocycles. The summed E-state index contributed by atoms with van der Waals surface area (Å²) in [6, 6.07) is 23.4. The normalized spacial score (nSPS) is 10.7. The summed E-state index contributed by atoms with van der Waals surface area (Å²) in [5.74, 6) is 0.151. The van der Waals surface area contributed by atoms with Gasteiger partial charge < -0.3 is 9.47 Å². The predicted octanol–water partition coefficient (Wildman–Crippen LogP) is 4.45. The number of rotatable bonds is 7. The second kappa shape index (κ2) is 9.26. The lowest BCUT2D eigenvalue weighted by atomic mass is 10.1. The van der Waals surface area contributed by atoms with Gasteiger partial charge in [0.2, 0.25) is 0 Å². The van der Waals surface area contributed by atoms with Crippen LogP contribution < -0.4 is 15.0 Å². The minimum absolute atomic E-state index is 0.0800. The molecular formula is C25H22N2O4. The third-order valence-electron chi connectivity index (χ3n) is 4.75. The van der Waals surface area contributed by atoms with E-state index in [2.05, 4.69) is 5.10 Å². The van der Waals surface area contributed by atoms with E-state index in [0.717, 1.165) is 12.0 Å². The highest BCUT2D eigenvalue weighted by Gasteiger charge is 2.20. The van der Waals surface area contributed by atoms with Crippen LogP contribution in [0.3, 0.4) is 0 Å². The Bertz CT molecular complexity index is 1270. The van der Waals surface area contributed by atoms with Crippen LogP contribution >= 0.6 is 0 Å². The molecule has 6 nitrogen and oxygen atoms in total. The molecule has 0 spiro atoms. The highest BCUT2D eigenvalue weighted by atomic mass is 16.6. The summed E-state index contributed by atoms with van der Waals surface area (Å²) in [5, 5.41) is 5.24. The van der Waals surface area contributed by atoms with Crippen LogP contribution in [0.15, 0.2) is 83.7 Å². The minimum atomic E-state index is -0.648. The smallest absolute Gasteiger partial charge is 0.364 e. The molecule has 0 atom stereocenters. The standard InChI is InChI=1S/C25H22N2O4/c1-2-16-30-21-14-8-9-15-22(21)31-25(29)23-19-12-6-7-13-20(19)24(28)27(26-23)17-18-10-4-3-5-11-18/h3-15H,2,16-17H2,1H3. The Morgan fingerprint density at radius 3 is 2.26 bits per heavy atom. The Hall–Kier alpha value is -3.93. The van der Waals surface area contributed by atoms with E-state index < -0.39 is 5.97 Å². The number of carbonyl (C=O) groups excluding carboxylic acids is 1. The summed E-state index contributed by atoms with van der Waals surface area (Å²) in [7, 11) is 0. The largest absolute Gasteiger partial charge is 0.490 e. The van der Waals surface area contributed by atoms with E-state index in [1.807, 2.05) is 43.3 Å². The first-order chi connectivity index (χ1) is 15.2. The molecule has 0 radical (unpaired) electrons. The molecule has 0 unspecified atom stereocenters. The molecule has 156 valence electrons. The van der Waals surface area contributed by atoms with Gasteiger partial charge in [0, 0.05) is 5.39 Å². The molecule has 0 amide bonds. The van der Waals surface area contributed by atoms with E-state index in [4.69, 9.17) is 9.47 Å². The summed E-state index contributed by atoms with van der Waals surface area (Å²) in [4.78, 5) is 26.1. The molecule has 0 aliphatic rings. The lowest BCUT2D eigenvalue weighted by molar-refractivity contribution is 0.0721. The first-order valence-corrected chi connectivity index (χ1v) is 10.1. The Morgan fingerprint density at radius 2 is 1.52 bits per heavy atom. The Morgan fingerprint density at radius 1 is 0.871 bits per heavy atom. The third kappa shape index (κ3) is 4.48. The third-order valence-corrected chi connectivity index (χ3v) is 4.75. The second-order valence-electron chi connectivity index (χ2n) is 7.03. The van der Waals surface area contributed by atoms with Crippen LogP contribution in [0.1, 0.15) is 29.4 Å². The molecule has 1 heterocycles. The molecule has 0 N–H and O–H groups in total. The van der Waals surface area contributed by atoms with Gasteiger partial charge in [0.25, 0.3) is 5.56 Å². The van der Waals surface area contributed by atoms with Crippen molar-refractivity contribution in [2.75, 3.05) is 6.61 Å². The Balaban J connectivity index is 1.74. The van der Waals surface area contributed by atoms with Gasteiger partial charge in [-0.2, -0.15) is 5.10 Å². The lowest BCUT2D eigenvalue weighted by Crippen LogP contribution is -2.27. The van der Waals surface area contributed by atoms with Crippen LogP contribution in [0.5, 0.6) is 11.5 Å². The van der Waals surface area contributed by atoms with Crippen molar-refractivity contribution in [2.45, 2.75) is 19.9 Å². The molecule has 3 aromatic carbocycles. The first-order valence-electron chi connectivity index (χ1n) is 10.1. The van der Waals surface area contributed by atoms with Crippen molar-refractivity contribution in [2.24, 2.45) is 0 Å². The van der Waals surface area contributed by atoms with Crippen molar-refractivity contribution in [1.29, 1.82) is 0 Å². The van der Waals surface area contributed by atoms with Gasteiger partial charge in [-0.05, 0) is 30.2 Å². The van der Waals surface area contributed by atoms with Gasteiger partial charge in [-0.15, -0.1) is 0 Å². The SMILES string of the molecule is CCCOc1ccccc1OC(=O)c1nn(Cc2ccccc2)c(=O)c2ccccc12. The molecule has 4 aromatic rings. The summed E-state index contributed by atoms with van der Waals surface area (Å²) in [6.45, 7) is 2.76. The summed E-state index contributed by atoms with van der Waals surface area (Å²) in [5.41, 5.74) is 0.726. The number of ether oxygens (including phenoxy) is 2. The van der Waals surface area contributed by atoms with E-state index >= 15 is 0 Å². The molecular weight excluding hydrogens is 392 g/mol. The van der Waals surface area contributed by atoms with Crippen molar-refractivity contribution < 1.29 is 14.3 Å². The van der Waals surface area contributed by atoms with Gasteiger partial charge in [-0.3, -0.25) is 4.79 Å². The van der Waals surface area contributed by atoms with E-state index in [0.29, 0.717) is 28.9 Å². The second-order valence-corrected chi connectivity index (χ2v) is 7.03. The van der Waals surface area contributed by atoms with Gasteiger partial charge in [-0.1, -0.05) is 67.6 Å². The fourth-order valence-electron chi connectivity index (χ4n) is 3.26. The lowest BCUT2D eigenvalue weighted by Gasteiger charge is -2.13. The molecule has 31 heavy (non-hydrogen) atoms. The van der Waals surface area contributed by atoms with Crippen LogP contribution in [0, 0.1) is 0 Å². The highest BCUT2D eigenvalue weighted by Crippen LogP contribution is 2.28.